The first-order valence-electron chi connectivity index (χ1n) is 11.0. The van der Waals surface area contributed by atoms with Crippen LogP contribution in [0.1, 0.15) is 24.5 Å². The lowest BCUT2D eigenvalue weighted by Crippen LogP contribution is -2.40. The van der Waals surface area contributed by atoms with E-state index in [4.69, 9.17) is 14.2 Å². The maximum atomic E-state index is 13.0. The van der Waals surface area contributed by atoms with E-state index in [2.05, 4.69) is 5.32 Å². The highest BCUT2D eigenvalue weighted by Crippen LogP contribution is 2.26. The summed E-state index contributed by atoms with van der Waals surface area (Å²) in [6.07, 6.45) is 0.555. The van der Waals surface area contributed by atoms with Gasteiger partial charge in [0.1, 0.15) is 18.1 Å². The molecule has 1 atom stereocenters. The number of methoxy groups -OCH3 is 1. The van der Waals surface area contributed by atoms with Gasteiger partial charge in [0.15, 0.2) is 0 Å². The second-order valence-corrected chi connectivity index (χ2v) is 10.0. The molecule has 1 fully saturated rings. The number of nitrogens with zero attached hydrogens (tertiary/aromatic N) is 1. The van der Waals surface area contributed by atoms with Crippen molar-refractivity contribution in [2.75, 3.05) is 40.0 Å². The normalized spacial score (nSPS) is 15.6. The molecule has 1 aliphatic heterocycles. The number of hydrogen-bond acceptors (Lipinski definition) is 6. The van der Waals surface area contributed by atoms with Gasteiger partial charge in [-0.05, 0) is 56.2 Å². The quantitative estimate of drug-likeness (QED) is 0.566. The number of nitrogens with one attached hydrogen (secondary N) is 1. The number of rotatable bonds is 10. The van der Waals surface area contributed by atoms with Crippen LogP contribution in [0.15, 0.2) is 47.4 Å². The topological polar surface area (TPSA) is 94.2 Å². The van der Waals surface area contributed by atoms with Gasteiger partial charge in [0.25, 0.3) is 0 Å². The van der Waals surface area contributed by atoms with Crippen LogP contribution in [0.2, 0.25) is 0 Å². The molecule has 0 aromatic heterocycles. The molecule has 1 amide bonds. The number of amides is 1. The monoisotopic (exact) mass is 476 g/mol. The zero-order valence-corrected chi connectivity index (χ0v) is 20.2. The van der Waals surface area contributed by atoms with Gasteiger partial charge in [-0.15, -0.1) is 0 Å². The maximum absolute atomic E-state index is 13.0. The second-order valence-electron chi connectivity index (χ2n) is 8.08. The van der Waals surface area contributed by atoms with E-state index in [1.807, 2.05) is 38.1 Å². The van der Waals surface area contributed by atoms with E-state index in [0.29, 0.717) is 50.6 Å². The fraction of sp³-hybridized carbons (Fsp3) is 0.458. The smallest absolute Gasteiger partial charge is 0.243 e. The Kier molecular flexibility index (Phi) is 8.71. The molecule has 33 heavy (non-hydrogen) atoms. The largest absolute Gasteiger partial charge is 0.496 e. The van der Waals surface area contributed by atoms with E-state index in [0.717, 1.165) is 11.3 Å². The van der Waals surface area contributed by atoms with Crippen LogP contribution < -0.4 is 14.8 Å². The summed E-state index contributed by atoms with van der Waals surface area (Å²) in [5.41, 5.74) is 1.83. The third kappa shape index (κ3) is 6.93. The van der Waals surface area contributed by atoms with E-state index in [1.165, 1.54) is 17.5 Å². The van der Waals surface area contributed by atoms with Gasteiger partial charge >= 0.3 is 0 Å². The van der Waals surface area contributed by atoms with E-state index in [1.54, 1.807) is 12.1 Å². The molecule has 1 N–H and O–H groups in total. The Morgan fingerprint density at radius 3 is 2.52 bits per heavy atom. The van der Waals surface area contributed by atoms with E-state index >= 15 is 0 Å². The standard InChI is InChI=1S/C24H32N2O6S/c1-18-4-7-21(8-5-18)32-17-19(2)25-24(27)11-6-20-16-22(9-10-23(20)30-3)33(28,29)26-12-14-31-15-13-26/h4-5,7-10,16,19H,6,11-15,17H2,1-3H3,(H,25,27)/t19-/m0/s1. The van der Waals surface area contributed by atoms with Gasteiger partial charge in [0.05, 0.1) is 31.3 Å². The van der Waals surface area contributed by atoms with Crippen molar-refractivity contribution in [2.45, 2.75) is 37.6 Å². The van der Waals surface area contributed by atoms with Crippen LogP contribution in [0.4, 0.5) is 0 Å². The highest BCUT2D eigenvalue weighted by molar-refractivity contribution is 7.89. The number of aryl methyl sites for hydroxylation is 2. The summed E-state index contributed by atoms with van der Waals surface area (Å²) >= 11 is 0. The zero-order valence-electron chi connectivity index (χ0n) is 19.4. The van der Waals surface area contributed by atoms with Crippen molar-refractivity contribution in [2.24, 2.45) is 0 Å². The van der Waals surface area contributed by atoms with Gasteiger partial charge < -0.3 is 19.5 Å². The van der Waals surface area contributed by atoms with Crippen LogP contribution >= 0.6 is 0 Å². The molecule has 2 aromatic carbocycles. The van der Waals surface area contributed by atoms with E-state index in [9.17, 15) is 13.2 Å². The lowest BCUT2D eigenvalue weighted by atomic mass is 10.1. The van der Waals surface area contributed by atoms with Crippen LogP contribution in [0.5, 0.6) is 11.5 Å². The number of carbonyl (C=O) groups is 1. The fourth-order valence-corrected chi connectivity index (χ4v) is 5.00. The number of hydrogen-bond donors (Lipinski definition) is 1. The average molecular weight is 477 g/mol. The fourth-order valence-electron chi connectivity index (χ4n) is 3.54. The van der Waals surface area contributed by atoms with Crippen LogP contribution in [0, 0.1) is 6.92 Å². The van der Waals surface area contributed by atoms with E-state index < -0.39 is 10.0 Å². The Morgan fingerprint density at radius 2 is 1.85 bits per heavy atom. The summed E-state index contributed by atoms with van der Waals surface area (Å²) in [4.78, 5) is 12.7. The molecule has 0 bridgehead atoms. The molecule has 0 unspecified atom stereocenters. The first-order chi connectivity index (χ1) is 15.8. The van der Waals surface area contributed by atoms with Crippen LogP contribution in [0.3, 0.4) is 0 Å². The van der Waals surface area contributed by atoms with Gasteiger partial charge in [-0.25, -0.2) is 8.42 Å². The Hall–Kier alpha value is -2.62. The lowest BCUT2D eigenvalue weighted by molar-refractivity contribution is -0.121. The van der Waals surface area contributed by atoms with Crippen molar-refractivity contribution >= 4 is 15.9 Å². The van der Waals surface area contributed by atoms with Gasteiger partial charge in [0, 0.05) is 19.5 Å². The SMILES string of the molecule is COc1ccc(S(=O)(=O)N2CCOCC2)cc1CCC(=O)N[C@@H](C)COc1ccc(C)cc1. The van der Waals surface area contributed by atoms with Crippen LogP contribution in [0.25, 0.3) is 0 Å². The molecule has 0 spiro atoms. The minimum atomic E-state index is -3.62. The number of carbonyl (C=O) groups excluding carboxylic acids is 1. The van der Waals surface area contributed by atoms with Gasteiger partial charge in [-0.3, -0.25) is 4.79 Å². The highest BCUT2D eigenvalue weighted by atomic mass is 32.2. The summed E-state index contributed by atoms with van der Waals surface area (Å²) in [6, 6.07) is 12.3. The molecule has 0 aliphatic carbocycles. The molecule has 9 heteroatoms. The molecule has 0 radical (unpaired) electrons. The third-order valence-corrected chi connectivity index (χ3v) is 7.30. The molecule has 0 saturated carbocycles. The van der Waals surface area contributed by atoms with Crippen LogP contribution in [-0.2, 0) is 26.0 Å². The first-order valence-corrected chi connectivity index (χ1v) is 12.5. The molecule has 8 nitrogen and oxygen atoms in total. The minimum Gasteiger partial charge on any atom is -0.496 e. The molecule has 1 aliphatic rings. The Balaban J connectivity index is 1.57. The molecule has 1 heterocycles. The zero-order chi connectivity index (χ0) is 23.8. The highest BCUT2D eigenvalue weighted by Gasteiger charge is 2.27. The Morgan fingerprint density at radius 1 is 1.15 bits per heavy atom. The number of sulfonamides is 1. The van der Waals surface area contributed by atoms with E-state index in [-0.39, 0.29) is 23.3 Å². The van der Waals surface area contributed by atoms with Crippen molar-refractivity contribution < 1.29 is 27.4 Å². The van der Waals surface area contributed by atoms with Crippen molar-refractivity contribution in [1.29, 1.82) is 0 Å². The first kappa shape index (κ1) is 25.0. The molecular formula is C24H32N2O6S. The molecular weight excluding hydrogens is 444 g/mol. The number of benzene rings is 2. The lowest BCUT2D eigenvalue weighted by Gasteiger charge is -2.26. The Labute approximate surface area is 195 Å². The predicted octanol–water partition coefficient (Wildman–Crippen LogP) is 2.54. The third-order valence-electron chi connectivity index (χ3n) is 5.41. The van der Waals surface area contributed by atoms with Crippen molar-refractivity contribution in [3.63, 3.8) is 0 Å². The maximum Gasteiger partial charge on any atom is 0.243 e. The van der Waals surface area contributed by atoms with Crippen LogP contribution in [-0.4, -0.2) is 64.7 Å². The number of ether oxygens (including phenoxy) is 3. The second kappa shape index (κ2) is 11.5. The minimum absolute atomic E-state index is 0.140. The molecule has 2 aromatic rings. The van der Waals surface area contributed by atoms with Crippen molar-refractivity contribution in [1.82, 2.24) is 9.62 Å². The van der Waals surface area contributed by atoms with Crippen molar-refractivity contribution in [3.8, 4) is 11.5 Å². The van der Waals surface area contributed by atoms with Gasteiger partial charge in [-0.1, -0.05) is 17.7 Å². The summed E-state index contributed by atoms with van der Waals surface area (Å²) in [7, 11) is -2.10. The molecule has 1 saturated heterocycles. The van der Waals surface area contributed by atoms with Gasteiger partial charge in [-0.2, -0.15) is 4.31 Å². The summed E-state index contributed by atoms with van der Waals surface area (Å²) in [6.45, 7) is 5.66. The summed E-state index contributed by atoms with van der Waals surface area (Å²) < 4.78 is 43.7. The average Bonchev–Trinajstić information content (AvgIpc) is 2.82. The number of morpholine rings is 1. The Bertz CT molecular complexity index is 1030. The molecule has 180 valence electrons. The summed E-state index contributed by atoms with van der Waals surface area (Å²) in [5, 5.41) is 2.92. The van der Waals surface area contributed by atoms with Gasteiger partial charge in [0.2, 0.25) is 15.9 Å². The van der Waals surface area contributed by atoms with Crippen molar-refractivity contribution in [3.05, 3.63) is 53.6 Å². The predicted molar refractivity (Wildman–Crippen MR) is 125 cm³/mol. The molecule has 3 rings (SSSR count). The summed E-state index contributed by atoms with van der Waals surface area (Å²) in [5.74, 6) is 1.17.